The zero-order chi connectivity index (χ0) is 86.7. The van der Waals surface area contributed by atoms with E-state index in [1.807, 2.05) is 153 Å². The molecule has 0 aliphatic rings. The molecular formula is C95H130N5+5. The first-order chi connectivity index (χ1) is 52.1. The van der Waals surface area contributed by atoms with E-state index < -0.39 is 45.1 Å². The number of nitrogens with zero attached hydrogens (tertiary/aromatic N) is 5. The summed E-state index contributed by atoms with van der Waals surface area (Å²) in [5.74, 6) is -0.636. The third-order valence-corrected chi connectivity index (χ3v) is 19.0. The van der Waals surface area contributed by atoms with Crippen molar-refractivity contribution in [3.05, 3.63) is 264 Å². The largest absolute Gasteiger partial charge is 0.212 e. The molecule has 5 heterocycles. The van der Waals surface area contributed by atoms with Crippen LogP contribution in [0.4, 0.5) is 0 Å². The second-order valence-electron chi connectivity index (χ2n) is 30.6. The number of pyridine rings is 5. The Bertz CT molecular complexity index is 5090. The van der Waals surface area contributed by atoms with Gasteiger partial charge in [-0.25, -0.2) is 22.8 Å². The van der Waals surface area contributed by atoms with Gasteiger partial charge in [-0.15, -0.1) is 0 Å². The molecule has 0 atom stereocenters. The Kier molecular flexibility index (Phi) is 21.3. The van der Waals surface area contributed by atoms with Crippen LogP contribution in [-0.4, -0.2) is 0 Å². The van der Waals surface area contributed by atoms with Crippen molar-refractivity contribution in [2.75, 3.05) is 0 Å². The molecule has 0 aliphatic carbocycles. The molecule has 0 spiro atoms. The predicted molar refractivity (Wildman–Crippen MR) is 430 cm³/mol. The molecule has 0 aliphatic heterocycles. The molecule has 5 aromatic heterocycles. The fraction of sp³-hybridized carbons (Fsp3) is 0.421. The van der Waals surface area contributed by atoms with Crippen LogP contribution in [0.15, 0.2) is 152 Å². The summed E-state index contributed by atoms with van der Waals surface area (Å²) in [5, 5.41) is 0. The Morgan fingerprint density at radius 2 is 0.560 bits per heavy atom. The Morgan fingerprint density at radius 1 is 0.280 bits per heavy atom. The molecule has 0 saturated carbocycles. The van der Waals surface area contributed by atoms with Crippen LogP contribution in [0, 0.1) is 89.7 Å². The Balaban J connectivity index is 0.000000223. The van der Waals surface area contributed by atoms with E-state index in [9.17, 15) is 0 Å². The lowest BCUT2D eigenvalue weighted by molar-refractivity contribution is -0.661. The first-order valence-corrected chi connectivity index (χ1v) is 35.5. The molecule has 10 rings (SSSR count). The lowest BCUT2D eigenvalue weighted by Gasteiger charge is -2.21. The molecule has 0 fully saturated rings. The topological polar surface area (TPSA) is 19.4 Å². The SMILES string of the molecule is Cc1ccc(-c2cc(C(C)C)c(C(C)C)c[n+]2C)c(C)c1.Cc1ccc(-c2cc(C)c(C(C)C)c[n+]2C)c(C)c1.[2H]C([2H])([2H])c1ccc(-c2cc(C([2H])(C)C)c(C([2H])(C)C)c[n+]2C)c(C)c1.[2H]C([2H])([2H])c1ccc(-c2cc(C)c(C([2H])(C)C)c[n+]2C)c(C)c1.[2H]C([2H])c1c[n+](C)c(-c2ccc(C([2H])([2H])[2H])cc2C)cc1C(C)(C)C. The standard InChI is InChI=1S/2C20H28N.C19H26N.2C18H24N/c2*1-13(2)18-11-20(21(7)12-19(18)14(3)4)17-9-8-15(5)10-16(17)6;1-13-8-9-16(14(2)10-13)18-11-17(19(4,5)6)15(3)12-20(18)7;2*1-12(2)17-11-19(6)18(10-15(17)5)16-8-7-13(3)9-14(16)4/h2*8-14H,1-7H3;8-12H,1-7H3;2*7-12H,1-6H3/q5*+1/i5D3,13D,14D;;1D3,3D2;3D3,12D;. The summed E-state index contributed by atoms with van der Waals surface area (Å²) >= 11 is 0. The number of rotatable bonds is 11. The highest BCUT2D eigenvalue weighted by atomic mass is 14.9. The Labute approximate surface area is 628 Å². The van der Waals surface area contributed by atoms with E-state index in [1.54, 1.807) is 36.4 Å². The van der Waals surface area contributed by atoms with Gasteiger partial charge in [0.05, 0.1) is 0 Å². The summed E-state index contributed by atoms with van der Waals surface area (Å²) in [4.78, 5) is 0. The van der Waals surface area contributed by atoms with Crippen molar-refractivity contribution in [2.45, 2.75) is 234 Å². The molecule has 530 valence electrons. The predicted octanol–water partition coefficient (Wildman–Crippen LogP) is 22.9. The van der Waals surface area contributed by atoms with Crippen LogP contribution in [0.5, 0.6) is 0 Å². The minimum Gasteiger partial charge on any atom is -0.201 e. The zero-order valence-electron chi connectivity index (χ0n) is 80.5. The van der Waals surface area contributed by atoms with Crippen molar-refractivity contribution >= 4 is 0 Å². The smallest absolute Gasteiger partial charge is 0.201 e. The van der Waals surface area contributed by atoms with Crippen LogP contribution in [-0.2, 0) is 40.7 Å². The van der Waals surface area contributed by atoms with Crippen molar-refractivity contribution in [3.63, 3.8) is 0 Å². The maximum atomic E-state index is 8.53. The Morgan fingerprint density at radius 3 is 0.880 bits per heavy atom. The van der Waals surface area contributed by atoms with Crippen LogP contribution in [0.1, 0.15) is 270 Å². The number of hydrogen-bond acceptors (Lipinski definition) is 0. The lowest BCUT2D eigenvalue weighted by Crippen LogP contribution is -2.33. The van der Waals surface area contributed by atoms with Crippen LogP contribution in [0.25, 0.3) is 56.3 Å². The highest BCUT2D eigenvalue weighted by Gasteiger charge is 2.26. The van der Waals surface area contributed by atoms with E-state index >= 15 is 0 Å². The molecule has 0 radical (unpaired) electrons. The number of aromatic nitrogens is 5. The first kappa shape index (κ1) is 61.7. The van der Waals surface area contributed by atoms with Gasteiger partial charge in [-0.2, -0.15) is 0 Å². The van der Waals surface area contributed by atoms with Crippen molar-refractivity contribution in [1.82, 2.24) is 0 Å². The average Bonchev–Trinajstić information content (AvgIpc) is 0.769. The average molecular weight is 1360 g/mol. The maximum absolute atomic E-state index is 8.53. The molecule has 5 aromatic carbocycles. The van der Waals surface area contributed by atoms with Crippen LogP contribution in [0.2, 0.25) is 0 Å². The van der Waals surface area contributed by atoms with Gasteiger partial charge in [-0.05, 0) is 217 Å². The number of aryl methyl sites for hydroxylation is 18. The normalized spacial score (nSPS) is 14.2. The fourth-order valence-corrected chi connectivity index (χ4v) is 13.5. The maximum Gasteiger partial charge on any atom is 0.212 e. The monoisotopic (exact) mass is 1360 g/mol. The van der Waals surface area contributed by atoms with Crippen molar-refractivity contribution in [1.29, 1.82) is 0 Å². The summed E-state index contributed by atoms with van der Waals surface area (Å²) in [6.07, 6.45) is 10.3. The summed E-state index contributed by atoms with van der Waals surface area (Å²) in [7, 11) is 10.1. The second-order valence-corrected chi connectivity index (χ2v) is 30.6. The van der Waals surface area contributed by atoms with E-state index in [2.05, 4.69) is 187 Å². The van der Waals surface area contributed by atoms with Gasteiger partial charge in [0.15, 0.2) is 31.0 Å². The van der Waals surface area contributed by atoms with Gasteiger partial charge in [0.1, 0.15) is 35.2 Å². The van der Waals surface area contributed by atoms with E-state index in [0.717, 1.165) is 78.3 Å². The van der Waals surface area contributed by atoms with Gasteiger partial charge in [0.25, 0.3) is 0 Å². The lowest BCUT2D eigenvalue weighted by atomic mass is 9.83. The number of benzene rings is 5. The molecule has 10 aromatic rings. The summed E-state index contributed by atoms with van der Waals surface area (Å²) in [6.45, 7) is 42.2. The highest BCUT2D eigenvalue weighted by molar-refractivity contribution is 5.67. The van der Waals surface area contributed by atoms with Crippen LogP contribution in [0.3, 0.4) is 0 Å². The Hall–Kier alpha value is -8.15. The van der Waals surface area contributed by atoms with Crippen molar-refractivity contribution in [2.24, 2.45) is 35.2 Å². The highest BCUT2D eigenvalue weighted by Crippen LogP contribution is 2.35. The molecular weight excluding hydrogens is 1210 g/mol. The second kappa shape index (κ2) is 34.5. The molecule has 0 bridgehead atoms. The van der Waals surface area contributed by atoms with Gasteiger partial charge in [-0.1, -0.05) is 192 Å². The molecule has 5 nitrogen and oxygen atoms in total. The number of hydrogen-bond donors (Lipinski definition) is 0. The molecule has 5 heteroatoms. The van der Waals surface area contributed by atoms with Gasteiger partial charge >= 0.3 is 0 Å². The zero-order valence-corrected chi connectivity index (χ0v) is 66.5. The third-order valence-electron chi connectivity index (χ3n) is 19.0. The fourth-order valence-electron chi connectivity index (χ4n) is 13.5. The molecule has 0 N–H and O–H groups in total. The summed E-state index contributed by atoms with van der Waals surface area (Å²) in [6, 6.07) is 39.8. The van der Waals surface area contributed by atoms with Gasteiger partial charge in [-0.3, -0.25) is 0 Å². The summed E-state index contributed by atoms with van der Waals surface area (Å²) < 4.78 is 119. The van der Waals surface area contributed by atoms with E-state index in [-0.39, 0.29) is 5.41 Å². The van der Waals surface area contributed by atoms with Crippen molar-refractivity contribution < 1.29 is 42.0 Å². The molecule has 0 amide bonds. The minimum absolute atomic E-state index is 0.189. The van der Waals surface area contributed by atoms with Crippen LogP contribution >= 0.6 is 0 Å². The molecule has 0 unspecified atom stereocenters. The van der Waals surface area contributed by atoms with Crippen molar-refractivity contribution in [3.8, 4) is 56.3 Å². The molecule has 100 heavy (non-hydrogen) atoms. The van der Waals surface area contributed by atoms with Crippen LogP contribution < -0.4 is 22.8 Å². The first-order valence-electron chi connectivity index (χ1n) is 42.7. The van der Waals surface area contributed by atoms with E-state index in [0.29, 0.717) is 40.0 Å². The quantitative estimate of drug-likeness (QED) is 0.115. The molecule has 0 saturated heterocycles. The minimum atomic E-state index is -2.13. The van der Waals surface area contributed by atoms with Gasteiger partial charge in [0, 0.05) is 105 Å². The van der Waals surface area contributed by atoms with E-state index in [4.69, 9.17) is 19.2 Å². The van der Waals surface area contributed by atoms with Gasteiger partial charge < -0.3 is 0 Å². The van der Waals surface area contributed by atoms with E-state index in [1.165, 1.54) is 67.0 Å². The van der Waals surface area contributed by atoms with Gasteiger partial charge in [0.2, 0.25) is 28.5 Å². The third kappa shape index (κ3) is 20.3. The summed E-state index contributed by atoms with van der Waals surface area (Å²) in [5.41, 5.74) is 31.0.